The van der Waals surface area contributed by atoms with Gasteiger partial charge < -0.3 is 10.8 Å². The van der Waals surface area contributed by atoms with E-state index in [1.54, 1.807) is 12.1 Å². The number of nitrogens with two attached hydrogens (primary N) is 1. The van der Waals surface area contributed by atoms with E-state index >= 15 is 0 Å². The molecule has 1 aromatic carbocycles. The highest BCUT2D eigenvalue weighted by molar-refractivity contribution is 5.89. The van der Waals surface area contributed by atoms with Crippen LogP contribution in [0.1, 0.15) is 21.5 Å². The van der Waals surface area contributed by atoms with Gasteiger partial charge in [-0.15, -0.1) is 0 Å². The Bertz CT molecular complexity index is 321. The van der Waals surface area contributed by atoms with Crippen LogP contribution in [0, 0.1) is 6.92 Å². The van der Waals surface area contributed by atoms with E-state index in [-0.39, 0.29) is 0 Å². The van der Waals surface area contributed by atoms with Crippen LogP contribution in [0.25, 0.3) is 0 Å². The lowest BCUT2D eigenvalue weighted by Gasteiger charge is -2.07. The summed E-state index contributed by atoms with van der Waals surface area (Å²) in [5.41, 5.74) is 7.61. The summed E-state index contributed by atoms with van der Waals surface area (Å²) in [4.78, 5) is 10.8. The Morgan fingerprint density at radius 3 is 2.77 bits per heavy atom. The molecule has 0 radical (unpaired) electrons. The Hall–Kier alpha value is -1.35. The number of carboxylic acid groups (broad SMARTS) is 1. The molecule has 0 aliphatic rings. The Balaban J connectivity index is 3.17. The molecule has 0 heterocycles. The summed E-state index contributed by atoms with van der Waals surface area (Å²) in [7, 11) is 0. The summed E-state index contributed by atoms with van der Waals surface area (Å²) in [6.07, 6.45) is 0.619. The van der Waals surface area contributed by atoms with Gasteiger partial charge in [0.1, 0.15) is 0 Å². The van der Waals surface area contributed by atoms with Gasteiger partial charge in [0.05, 0.1) is 5.56 Å². The first-order chi connectivity index (χ1) is 6.16. The molecule has 0 unspecified atom stereocenters. The smallest absolute Gasteiger partial charge is 0.335 e. The van der Waals surface area contributed by atoms with Gasteiger partial charge >= 0.3 is 5.97 Å². The minimum atomic E-state index is -0.882. The highest BCUT2D eigenvalue weighted by Gasteiger charge is 2.10. The number of carbonyl (C=O) groups is 1. The second-order valence-corrected chi connectivity index (χ2v) is 2.94. The lowest BCUT2D eigenvalue weighted by atomic mass is 9.99. The molecule has 0 atom stereocenters. The molecule has 13 heavy (non-hydrogen) atoms. The summed E-state index contributed by atoms with van der Waals surface area (Å²) in [5, 5.41) is 8.88. The predicted octanol–water partition coefficient (Wildman–Crippen LogP) is 1.19. The van der Waals surface area contributed by atoms with Crippen molar-refractivity contribution in [2.24, 2.45) is 5.73 Å². The SMILES string of the molecule is Cc1cccc(C(=O)O)c1CCN. The lowest BCUT2D eigenvalue weighted by molar-refractivity contribution is 0.0695. The van der Waals surface area contributed by atoms with Gasteiger partial charge in [-0.1, -0.05) is 12.1 Å². The van der Waals surface area contributed by atoms with Crippen molar-refractivity contribution >= 4 is 5.97 Å². The largest absolute Gasteiger partial charge is 0.478 e. The summed E-state index contributed by atoms with van der Waals surface area (Å²) < 4.78 is 0. The molecule has 0 amide bonds. The average molecular weight is 179 g/mol. The zero-order chi connectivity index (χ0) is 9.84. The second kappa shape index (κ2) is 4.05. The molecule has 0 spiro atoms. The first kappa shape index (κ1) is 9.74. The molecule has 0 saturated heterocycles. The monoisotopic (exact) mass is 179 g/mol. The summed E-state index contributed by atoms with van der Waals surface area (Å²) in [6.45, 7) is 2.38. The molecule has 1 aromatic rings. The summed E-state index contributed by atoms with van der Waals surface area (Å²) in [5.74, 6) is -0.882. The highest BCUT2D eigenvalue weighted by atomic mass is 16.4. The van der Waals surface area contributed by atoms with Crippen molar-refractivity contribution < 1.29 is 9.90 Å². The Labute approximate surface area is 77.2 Å². The van der Waals surface area contributed by atoms with Crippen LogP contribution in [0.3, 0.4) is 0 Å². The highest BCUT2D eigenvalue weighted by Crippen LogP contribution is 2.14. The first-order valence-corrected chi connectivity index (χ1v) is 4.18. The van der Waals surface area contributed by atoms with Gasteiger partial charge in [0, 0.05) is 0 Å². The zero-order valence-corrected chi connectivity index (χ0v) is 7.58. The van der Waals surface area contributed by atoms with E-state index in [1.807, 2.05) is 13.0 Å². The van der Waals surface area contributed by atoms with Crippen molar-refractivity contribution in [3.63, 3.8) is 0 Å². The molecular weight excluding hydrogens is 166 g/mol. The molecule has 1 rings (SSSR count). The predicted molar refractivity (Wildman–Crippen MR) is 50.9 cm³/mol. The van der Waals surface area contributed by atoms with Crippen molar-refractivity contribution in [2.45, 2.75) is 13.3 Å². The van der Waals surface area contributed by atoms with Gasteiger partial charge in [0.2, 0.25) is 0 Å². The number of benzene rings is 1. The first-order valence-electron chi connectivity index (χ1n) is 4.18. The molecule has 3 N–H and O–H groups in total. The van der Waals surface area contributed by atoms with Gasteiger partial charge in [-0.05, 0) is 37.1 Å². The standard InChI is InChI=1S/C10H13NO2/c1-7-3-2-4-9(10(12)13)8(7)5-6-11/h2-4H,5-6,11H2,1H3,(H,12,13). The van der Waals surface area contributed by atoms with E-state index in [9.17, 15) is 4.79 Å². The number of rotatable bonds is 3. The van der Waals surface area contributed by atoms with Crippen LogP contribution in [0.5, 0.6) is 0 Å². The van der Waals surface area contributed by atoms with Gasteiger partial charge in [-0.25, -0.2) is 4.79 Å². The maximum absolute atomic E-state index is 10.8. The average Bonchev–Trinajstić information content (AvgIpc) is 2.08. The molecule has 0 fully saturated rings. The number of carboxylic acids is 1. The molecule has 3 heteroatoms. The molecule has 0 aliphatic carbocycles. The van der Waals surface area contributed by atoms with Crippen LogP contribution < -0.4 is 5.73 Å². The molecule has 0 saturated carbocycles. The zero-order valence-electron chi connectivity index (χ0n) is 7.58. The topological polar surface area (TPSA) is 63.3 Å². The maximum Gasteiger partial charge on any atom is 0.335 e. The van der Waals surface area contributed by atoms with E-state index in [2.05, 4.69) is 0 Å². The van der Waals surface area contributed by atoms with Crippen LogP contribution in [0.2, 0.25) is 0 Å². The van der Waals surface area contributed by atoms with Crippen LogP contribution in [0.15, 0.2) is 18.2 Å². The fraction of sp³-hybridized carbons (Fsp3) is 0.300. The molecule has 0 aliphatic heterocycles. The van der Waals surface area contributed by atoms with Gasteiger partial charge in [-0.3, -0.25) is 0 Å². The molecule has 0 aromatic heterocycles. The fourth-order valence-corrected chi connectivity index (χ4v) is 1.38. The van der Waals surface area contributed by atoms with Gasteiger partial charge in [0.15, 0.2) is 0 Å². The van der Waals surface area contributed by atoms with Crippen molar-refractivity contribution in [2.75, 3.05) is 6.54 Å². The third kappa shape index (κ3) is 2.06. The maximum atomic E-state index is 10.8. The lowest BCUT2D eigenvalue weighted by Crippen LogP contribution is -2.10. The van der Waals surface area contributed by atoms with E-state index in [0.29, 0.717) is 18.5 Å². The molecule has 70 valence electrons. The van der Waals surface area contributed by atoms with Crippen molar-refractivity contribution in [1.29, 1.82) is 0 Å². The quantitative estimate of drug-likeness (QED) is 0.732. The van der Waals surface area contributed by atoms with Gasteiger partial charge in [0.25, 0.3) is 0 Å². The van der Waals surface area contributed by atoms with Crippen molar-refractivity contribution in [1.82, 2.24) is 0 Å². The third-order valence-corrected chi connectivity index (χ3v) is 2.03. The van der Waals surface area contributed by atoms with Gasteiger partial charge in [-0.2, -0.15) is 0 Å². The van der Waals surface area contributed by atoms with Crippen molar-refractivity contribution in [3.05, 3.63) is 34.9 Å². The van der Waals surface area contributed by atoms with Crippen LogP contribution in [0.4, 0.5) is 0 Å². The van der Waals surface area contributed by atoms with Crippen LogP contribution in [-0.2, 0) is 6.42 Å². The van der Waals surface area contributed by atoms with Crippen LogP contribution in [-0.4, -0.2) is 17.6 Å². The Morgan fingerprint density at radius 1 is 1.54 bits per heavy atom. The number of hydrogen-bond acceptors (Lipinski definition) is 2. The minimum absolute atomic E-state index is 0.366. The second-order valence-electron chi connectivity index (χ2n) is 2.94. The minimum Gasteiger partial charge on any atom is -0.478 e. The molecule has 3 nitrogen and oxygen atoms in total. The fourth-order valence-electron chi connectivity index (χ4n) is 1.38. The normalized spacial score (nSPS) is 10.0. The van der Waals surface area contributed by atoms with E-state index in [1.165, 1.54) is 0 Å². The number of aromatic carboxylic acids is 1. The summed E-state index contributed by atoms with van der Waals surface area (Å²) >= 11 is 0. The number of aryl methyl sites for hydroxylation is 1. The van der Waals surface area contributed by atoms with Crippen LogP contribution >= 0.6 is 0 Å². The Kier molecular flexibility index (Phi) is 3.03. The van der Waals surface area contributed by atoms with E-state index in [4.69, 9.17) is 10.8 Å². The molecular formula is C10H13NO2. The Morgan fingerprint density at radius 2 is 2.23 bits per heavy atom. The molecule has 0 bridgehead atoms. The van der Waals surface area contributed by atoms with E-state index in [0.717, 1.165) is 11.1 Å². The third-order valence-electron chi connectivity index (χ3n) is 2.03. The number of hydrogen-bond donors (Lipinski definition) is 2. The van der Waals surface area contributed by atoms with Crippen molar-refractivity contribution in [3.8, 4) is 0 Å². The summed E-state index contributed by atoms with van der Waals surface area (Å²) in [6, 6.07) is 5.26. The van der Waals surface area contributed by atoms with E-state index < -0.39 is 5.97 Å².